The second-order valence-electron chi connectivity index (χ2n) is 7.52. The number of alkyl halides is 5. The van der Waals surface area contributed by atoms with Crippen molar-refractivity contribution >= 4 is 0 Å². The zero-order valence-corrected chi connectivity index (χ0v) is 13.1. The van der Waals surface area contributed by atoms with Crippen LogP contribution in [0.5, 0.6) is 0 Å². The molecule has 3 nitrogen and oxygen atoms in total. The zero-order chi connectivity index (χ0) is 17.6. The lowest BCUT2D eigenvalue weighted by Gasteiger charge is -2.44. The van der Waals surface area contributed by atoms with Crippen LogP contribution in [0.3, 0.4) is 0 Å². The van der Waals surface area contributed by atoms with E-state index in [1.54, 1.807) is 0 Å². The van der Waals surface area contributed by atoms with Crippen molar-refractivity contribution in [3.05, 3.63) is 0 Å². The van der Waals surface area contributed by atoms with Gasteiger partial charge in [0.05, 0.1) is 6.10 Å². The highest BCUT2D eigenvalue weighted by Crippen LogP contribution is 2.65. The van der Waals surface area contributed by atoms with Crippen molar-refractivity contribution in [2.75, 3.05) is 0 Å². The Balaban J connectivity index is 2.02. The van der Waals surface area contributed by atoms with Gasteiger partial charge < -0.3 is 14.9 Å². The fourth-order valence-corrected chi connectivity index (χ4v) is 5.17. The molecule has 0 amide bonds. The quantitative estimate of drug-likeness (QED) is 0.719. The fraction of sp³-hybridized carbons (Fsp3) is 1.00. The maximum Gasteiger partial charge on any atom is 0.449 e. The Kier molecular flexibility index (Phi) is 3.45. The average molecular weight is 344 g/mol. The number of aliphatic hydroxyl groups is 2. The van der Waals surface area contributed by atoms with Gasteiger partial charge in [-0.25, -0.2) is 0 Å². The molecule has 1 saturated heterocycles. The normalized spacial score (nSPS) is 55.6. The molecule has 3 fully saturated rings. The first-order valence-electron chi connectivity index (χ1n) is 7.86. The first-order valence-corrected chi connectivity index (χ1v) is 7.86. The maximum atomic E-state index is 14.6. The molecule has 1 heterocycles. The van der Waals surface area contributed by atoms with E-state index in [0.717, 1.165) is 6.92 Å². The Morgan fingerprint density at radius 1 is 1.00 bits per heavy atom. The van der Waals surface area contributed by atoms with E-state index in [2.05, 4.69) is 4.74 Å². The monoisotopic (exact) mass is 344 g/mol. The number of hydrogen-bond donors (Lipinski definition) is 2. The van der Waals surface area contributed by atoms with Gasteiger partial charge in [-0.15, -0.1) is 0 Å². The molecule has 2 saturated carbocycles. The molecule has 0 radical (unpaired) electrons. The van der Waals surface area contributed by atoms with E-state index in [1.807, 2.05) is 13.8 Å². The number of fused-ring (bicyclic) bond motifs is 2. The highest BCUT2D eigenvalue weighted by Gasteiger charge is 2.86. The summed E-state index contributed by atoms with van der Waals surface area (Å²) in [4.78, 5) is 0. The smallest absolute Gasteiger partial charge is 0.380 e. The molecular weight excluding hydrogens is 323 g/mol. The van der Waals surface area contributed by atoms with E-state index in [4.69, 9.17) is 0 Å². The summed E-state index contributed by atoms with van der Waals surface area (Å²) in [5, 5.41) is 20.2. The molecule has 2 N–H and O–H groups in total. The summed E-state index contributed by atoms with van der Waals surface area (Å²) in [7, 11) is 0. The predicted molar refractivity (Wildman–Crippen MR) is 69.5 cm³/mol. The van der Waals surface area contributed by atoms with Crippen LogP contribution in [-0.4, -0.2) is 39.8 Å². The summed E-state index contributed by atoms with van der Waals surface area (Å²) in [6.45, 7) is 4.84. The number of halogens is 5. The Bertz CT molecular complexity index is 508. The minimum Gasteiger partial charge on any atom is -0.380 e. The van der Waals surface area contributed by atoms with Gasteiger partial charge in [0.15, 0.2) is 5.60 Å². The van der Waals surface area contributed by atoms with Crippen molar-refractivity contribution in [3.63, 3.8) is 0 Å². The van der Waals surface area contributed by atoms with Crippen LogP contribution in [-0.2, 0) is 4.74 Å². The van der Waals surface area contributed by atoms with Gasteiger partial charge in [-0.2, -0.15) is 22.0 Å². The van der Waals surface area contributed by atoms with Gasteiger partial charge in [-0.05, 0) is 49.4 Å². The molecule has 8 unspecified atom stereocenters. The SMILES string of the molecule is CC1C2CC(C1C)C(C1(O)C(C)OC(O)(C(F)(F)F)C1(F)F)C2. The zero-order valence-electron chi connectivity index (χ0n) is 13.1. The molecule has 0 aromatic heterocycles. The van der Waals surface area contributed by atoms with Crippen molar-refractivity contribution in [2.45, 2.75) is 63.2 Å². The molecule has 3 rings (SSSR count). The third-order valence-corrected chi connectivity index (χ3v) is 6.74. The van der Waals surface area contributed by atoms with Gasteiger partial charge >= 0.3 is 17.9 Å². The van der Waals surface area contributed by atoms with Crippen LogP contribution in [0.25, 0.3) is 0 Å². The average Bonchev–Trinajstić information content (AvgIpc) is 3.00. The largest absolute Gasteiger partial charge is 0.449 e. The second kappa shape index (κ2) is 4.58. The summed E-state index contributed by atoms with van der Waals surface area (Å²) >= 11 is 0. The van der Waals surface area contributed by atoms with Gasteiger partial charge in [-0.3, -0.25) is 0 Å². The van der Waals surface area contributed by atoms with Crippen molar-refractivity contribution in [1.82, 2.24) is 0 Å². The first-order chi connectivity index (χ1) is 10.3. The maximum absolute atomic E-state index is 14.6. The van der Waals surface area contributed by atoms with Gasteiger partial charge in [0, 0.05) is 0 Å². The molecule has 23 heavy (non-hydrogen) atoms. The summed E-state index contributed by atoms with van der Waals surface area (Å²) in [5.41, 5.74) is -3.04. The van der Waals surface area contributed by atoms with E-state index < -0.39 is 35.5 Å². The molecule has 0 spiro atoms. The molecule has 8 atom stereocenters. The lowest BCUT2D eigenvalue weighted by atomic mass is 9.65. The minimum atomic E-state index is -5.70. The van der Waals surface area contributed by atoms with Crippen LogP contribution >= 0.6 is 0 Å². The van der Waals surface area contributed by atoms with E-state index >= 15 is 0 Å². The first kappa shape index (κ1) is 17.4. The van der Waals surface area contributed by atoms with E-state index in [9.17, 15) is 32.2 Å². The Labute approximate surface area is 130 Å². The van der Waals surface area contributed by atoms with Crippen LogP contribution in [0.1, 0.15) is 33.6 Å². The van der Waals surface area contributed by atoms with Crippen LogP contribution < -0.4 is 0 Å². The fourth-order valence-electron chi connectivity index (χ4n) is 5.17. The second-order valence-corrected chi connectivity index (χ2v) is 7.52. The van der Waals surface area contributed by atoms with Crippen LogP contribution in [0.2, 0.25) is 0 Å². The van der Waals surface area contributed by atoms with Crippen LogP contribution in [0, 0.1) is 29.6 Å². The van der Waals surface area contributed by atoms with Gasteiger partial charge in [0.1, 0.15) is 0 Å². The molecule has 2 bridgehead atoms. The van der Waals surface area contributed by atoms with E-state index in [1.165, 1.54) is 0 Å². The van der Waals surface area contributed by atoms with E-state index in [-0.39, 0.29) is 30.1 Å². The Morgan fingerprint density at radius 3 is 1.96 bits per heavy atom. The van der Waals surface area contributed by atoms with Crippen LogP contribution in [0.15, 0.2) is 0 Å². The highest BCUT2D eigenvalue weighted by atomic mass is 19.4. The Morgan fingerprint density at radius 2 is 1.57 bits per heavy atom. The molecule has 0 aromatic carbocycles. The molecule has 0 aromatic rings. The predicted octanol–water partition coefficient (Wildman–Crippen LogP) is 2.95. The van der Waals surface area contributed by atoms with E-state index in [0.29, 0.717) is 6.42 Å². The molecule has 134 valence electrons. The summed E-state index contributed by atoms with van der Waals surface area (Å²) in [5.74, 6) is -10.4. The Hall–Kier alpha value is -0.470. The molecule has 3 aliphatic rings. The third-order valence-electron chi connectivity index (χ3n) is 6.74. The lowest BCUT2D eigenvalue weighted by Crippen LogP contribution is -2.66. The van der Waals surface area contributed by atoms with Crippen molar-refractivity contribution in [3.8, 4) is 0 Å². The number of rotatable bonds is 1. The lowest BCUT2D eigenvalue weighted by molar-refractivity contribution is -0.413. The summed E-state index contributed by atoms with van der Waals surface area (Å²) in [6.07, 6.45) is -6.69. The molecule has 2 aliphatic carbocycles. The van der Waals surface area contributed by atoms with Crippen molar-refractivity contribution in [1.29, 1.82) is 0 Å². The molecular formula is C15H21F5O3. The van der Waals surface area contributed by atoms with Crippen molar-refractivity contribution < 1.29 is 36.9 Å². The molecule has 8 heteroatoms. The van der Waals surface area contributed by atoms with Crippen molar-refractivity contribution in [2.24, 2.45) is 29.6 Å². The number of ether oxygens (including phenoxy) is 1. The van der Waals surface area contributed by atoms with Crippen LogP contribution in [0.4, 0.5) is 22.0 Å². The van der Waals surface area contributed by atoms with Gasteiger partial charge in [0.25, 0.3) is 0 Å². The minimum absolute atomic E-state index is 0.0327. The molecule has 1 aliphatic heterocycles. The standard InChI is InChI=1S/C15H21F5O3/c1-6-7(2)10-4-9(6)5-11(10)12(21)8(3)23-14(22,13(12,16)17)15(18,19)20/h6-11,21-22H,4-5H2,1-3H3. The highest BCUT2D eigenvalue weighted by molar-refractivity contribution is 5.19. The van der Waals surface area contributed by atoms with Gasteiger partial charge in [0.2, 0.25) is 0 Å². The van der Waals surface area contributed by atoms with Gasteiger partial charge in [-0.1, -0.05) is 13.8 Å². The number of hydrogen-bond acceptors (Lipinski definition) is 3. The summed E-state index contributed by atoms with van der Waals surface area (Å²) in [6, 6.07) is 0. The third kappa shape index (κ3) is 1.80. The topological polar surface area (TPSA) is 49.7 Å². The summed E-state index contributed by atoms with van der Waals surface area (Å²) < 4.78 is 72.6.